The van der Waals surface area contributed by atoms with Gasteiger partial charge >= 0.3 is 0 Å². The second-order valence-electron chi connectivity index (χ2n) is 9.14. The largest absolute Gasteiger partial charge is 0.490 e. The molecule has 1 aliphatic carbocycles. The van der Waals surface area contributed by atoms with Crippen molar-refractivity contribution in [3.63, 3.8) is 0 Å². The molecule has 1 heterocycles. The Kier molecular flexibility index (Phi) is 7.19. The molecule has 5 nitrogen and oxygen atoms in total. The molecule has 2 aliphatic rings. The Bertz CT molecular complexity index is 823. The lowest BCUT2D eigenvalue weighted by molar-refractivity contribution is -0.0766. The van der Waals surface area contributed by atoms with Crippen molar-refractivity contribution in [3.05, 3.63) is 65.2 Å². The summed E-state index contributed by atoms with van der Waals surface area (Å²) in [6.45, 7) is 2.51. The van der Waals surface area contributed by atoms with Gasteiger partial charge in [-0.2, -0.15) is 0 Å². The van der Waals surface area contributed by atoms with Gasteiger partial charge in [-0.25, -0.2) is 0 Å². The molecule has 1 aliphatic heterocycles. The van der Waals surface area contributed by atoms with Crippen LogP contribution in [0, 0.1) is 0 Å². The number of hydrogen-bond acceptors (Lipinski definition) is 5. The van der Waals surface area contributed by atoms with Crippen LogP contribution < -0.4 is 4.74 Å². The molecule has 31 heavy (non-hydrogen) atoms. The zero-order valence-corrected chi connectivity index (χ0v) is 18.6. The molecule has 0 aromatic heterocycles. The summed E-state index contributed by atoms with van der Waals surface area (Å²) < 4.78 is 11.5. The maximum Gasteiger partial charge on any atom is 0.134 e. The molecule has 1 atom stereocenters. The third kappa shape index (κ3) is 6.21. The Balaban J connectivity index is 1.32. The van der Waals surface area contributed by atoms with Crippen LogP contribution in [-0.2, 0) is 4.74 Å². The Morgan fingerprint density at radius 1 is 1.00 bits per heavy atom. The number of rotatable bonds is 6. The topological polar surface area (TPSA) is 62.2 Å². The molecule has 1 saturated carbocycles. The van der Waals surface area contributed by atoms with E-state index in [2.05, 4.69) is 29.2 Å². The number of nitrogens with zero attached hydrogens (tertiary/aromatic N) is 1. The van der Waals surface area contributed by atoms with Gasteiger partial charge in [0.1, 0.15) is 18.0 Å². The van der Waals surface area contributed by atoms with Gasteiger partial charge in [0.25, 0.3) is 0 Å². The molecule has 4 rings (SSSR count). The molecule has 0 amide bonds. The molecule has 2 fully saturated rings. The molecule has 2 aromatic rings. The van der Waals surface area contributed by atoms with E-state index in [0.717, 1.165) is 25.7 Å². The Hall–Kier alpha value is -1.63. The highest BCUT2D eigenvalue weighted by atomic mass is 35.5. The number of hydrogen-bond donors (Lipinski definition) is 2. The summed E-state index contributed by atoms with van der Waals surface area (Å²) in [5.41, 5.74) is -0.497. The van der Waals surface area contributed by atoms with Gasteiger partial charge in [-0.05, 0) is 61.4 Å². The fraction of sp³-hybridized carbons (Fsp3) is 0.520. The van der Waals surface area contributed by atoms with Crippen molar-refractivity contribution in [2.24, 2.45) is 0 Å². The van der Waals surface area contributed by atoms with Crippen molar-refractivity contribution in [3.8, 4) is 5.75 Å². The van der Waals surface area contributed by atoms with E-state index in [-0.39, 0.29) is 13.2 Å². The maximum absolute atomic E-state index is 11.3. The summed E-state index contributed by atoms with van der Waals surface area (Å²) in [7, 11) is 0. The van der Waals surface area contributed by atoms with Crippen molar-refractivity contribution in [2.45, 2.75) is 42.8 Å². The molecule has 1 saturated heterocycles. The van der Waals surface area contributed by atoms with Crippen molar-refractivity contribution < 1.29 is 19.7 Å². The van der Waals surface area contributed by atoms with Gasteiger partial charge in [-0.1, -0.05) is 41.9 Å². The minimum absolute atomic E-state index is 0.125. The molecular formula is C25H32ClNO4. The van der Waals surface area contributed by atoms with Crippen molar-refractivity contribution in [2.75, 3.05) is 39.5 Å². The van der Waals surface area contributed by atoms with Crippen molar-refractivity contribution in [1.82, 2.24) is 4.90 Å². The minimum atomic E-state index is -1.13. The van der Waals surface area contributed by atoms with E-state index >= 15 is 0 Å². The Morgan fingerprint density at radius 2 is 1.71 bits per heavy atom. The van der Waals surface area contributed by atoms with Crippen LogP contribution in [0.2, 0.25) is 5.02 Å². The molecule has 2 aromatic carbocycles. The first kappa shape index (κ1) is 22.6. The van der Waals surface area contributed by atoms with Gasteiger partial charge in [-0.15, -0.1) is 0 Å². The van der Waals surface area contributed by atoms with Gasteiger partial charge < -0.3 is 19.7 Å². The smallest absolute Gasteiger partial charge is 0.134 e. The minimum Gasteiger partial charge on any atom is -0.490 e. The lowest BCUT2D eigenvalue weighted by Crippen LogP contribution is -2.53. The molecule has 6 heteroatoms. The molecular weight excluding hydrogens is 414 g/mol. The third-order valence-corrected chi connectivity index (χ3v) is 6.72. The molecule has 0 unspecified atom stereocenters. The van der Waals surface area contributed by atoms with Crippen molar-refractivity contribution in [1.29, 1.82) is 0 Å². The molecule has 0 radical (unpaired) electrons. The van der Waals surface area contributed by atoms with Gasteiger partial charge in [0.2, 0.25) is 0 Å². The monoisotopic (exact) mass is 445 g/mol. The summed E-state index contributed by atoms with van der Waals surface area (Å²) in [6, 6.07) is 17.7. The van der Waals surface area contributed by atoms with Crippen LogP contribution in [0.25, 0.3) is 0 Å². The SMILES string of the molecule is OC1(CN2CCOC[C@@](O)(COc3ccc(Cl)cc3)C2)CCC(c2ccccc2)CC1. The number of aliphatic hydroxyl groups is 2. The van der Waals surface area contributed by atoms with E-state index in [4.69, 9.17) is 21.1 Å². The number of halogens is 1. The summed E-state index contributed by atoms with van der Waals surface area (Å²) in [4.78, 5) is 2.13. The average Bonchev–Trinajstić information content (AvgIpc) is 2.95. The first-order valence-corrected chi connectivity index (χ1v) is 11.5. The van der Waals surface area contributed by atoms with E-state index in [1.807, 2.05) is 6.07 Å². The zero-order valence-electron chi connectivity index (χ0n) is 17.9. The summed E-state index contributed by atoms with van der Waals surface area (Å²) >= 11 is 5.92. The zero-order chi connectivity index (χ0) is 21.7. The fourth-order valence-electron chi connectivity index (χ4n) is 4.76. The first-order valence-electron chi connectivity index (χ1n) is 11.1. The maximum atomic E-state index is 11.3. The van der Waals surface area contributed by atoms with Gasteiger partial charge in [0, 0.05) is 24.7 Å². The lowest BCUT2D eigenvalue weighted by Gasteiger charge is -2.40. The standard InChI is InChI=1S/C25H32ClNO4/c26-22-6-8-23(9-7-22)31-19-25(29)17-27(14-15-30-18-25)16-24(28)12-10-21(11-13-24)20-4-2-1-3-5-20/h1-9,21,28-29H,10-19H2/t21?,24?,25-/m1/s1. The number of benzene rings is 2. The predicted octanol–water partition coefficient (Wildman–Crippen LogP) is 3.87. The molecule has 0 spiro atoms. The summed E-state index contributed by atoms with van der Waals surface area (Å²) in [5.74, 6) is 1.17. The summed E-state index contributed by atoms with van der Waals surface area (Å²) in [6.07, 6.45) is 3.50. The predicted molar refractivity (Wildman–Crippen MR) is 122 cm³/mol. The Labute approximate surface area is 189 Å². The fourth-order valence-corrected chi connectivity index (χ4v) is 4.88. The third-order valence-electron chi connectivity index (χ3n) is 6.47. The van der Waals surface area contributed by atoms with Crippen LogP contribution in [-0.4, -0.2) is 65.8 Å². The molecule has 0 bridgehead atoms. The highest BCUT2D eigenvalue weighted by molar-refractivity contribution is 6.30. The van der Waals surface area contributed by atoms with E-state index in [1.54, 1.807) is 24.3 Å². The van der Waals surface area contributed by atoms with Crippen LogP contribution in [0.4, 0.5) is 0 Å². The Morgan fingerprint density at radius 3 is 2.42 bits per heavy atom. The summed E-state index contributed by atoms with van der Waals surface area (Å²) in [5, 5.41) is 23.1. The molecule has 168 valence electrons. The first-order chi connectivity index (χ1) is 14.9. The quantitative estimate of drug-likeness (QED) is 0.706. The van der Waals surface area contributed by atoms with Crippen LogP contribution in [0.3, 0.4) is 0 Å². The van der Waals surface area contributed by atoms with Crippen LogP contribution in [0.15, 0.2) is 54.6 Å². The average molecular weight is 446 g/mol. The second-order valence-corrected chi connectivity index (χ2v) is 9.58. The van der Waals surface area contributed by atoms with Crippen molar-refractivity contribution >= 4 is 11.6 Å². The highest BCUT2D eigenvalue weighted by Gasteiger charge is 2.39. The second kappa shape index (κ2) is 9.88. The van der Waals surface area contributed by atoms with Crippen LogP contribution in [0.5, 0.6) is 5.75 Å². The van der Waals surface area contributed by atoms with Crippen LogP contribution >= 0.6 is 11.6 Å². The van der Waals surface area contributed by atoms with Gasteiger partial charge in [0.15, 0.2) is 0 Å². The van der Waals surface area contributed by atoms with E-state index < -0.39 is 11.2 Å². The van der Waals surface area contributed by atoms with Crippen LogP contribution in [0.1, 0.15) is 37.2 Å². The molecule has 2 N–H and O–H groups in total. The number of β-amino-alcohol motifs (C(OH)–C–C–N with tert-alkyl or cyclic N) is 2. The normalized spacial score (nSPS) is 30.0. The van der Waals surface area contributed by atoms with Gasteiger partial charge in [0.05, 0.1) is 18.8 Å². The van der Waals surface area contributed by atoms with E-state index in [9.17, 15) is 10.2 Å². The van der Waals surface area contributed by atoms with E-state index in [1.165, 1.54) is 5.56 Å². The lowest BCUT2D eigenvalue weighted by atomic mass is 9.76. The van der Waals surface area contributed by atoms with E-state index in [0.29, 0.717) is 42.9 Å². The highest BCUT2D eigenvalue weighted by Crippen LogP contribution is 2.38. The number of ether oxygens (including phenoxy) is 2. The van der Waals surface area contributed by atoms with Gasteiger partial charge in [-0.3, -0.25) is 4.90 Å².